The van der Waals surface area contributed by atoms with Crippen LogP contribution in [-0.4, -0.2) is 29.4 Å². The number of hydrogen-bond donors (Lipinski definition) is 1. The average Bonchev–Trinajstić information content (AvgIpc) is 2.97. The van der Waals surface area contributed by atoms with Gasteiger partial charge < -0.3 is 14.6 Å². The number of ether oxygens (including phenoxy) is 2. The molecule has 0 aromatic heterocycles. The smallest absolute Gasteiger partial charge is 0.222 e. The van der Waals surface area contributed by atoms with Gasteiger partial charge in [0, 0.05) is 11.0 Å². The summed E-state index contributed by atoms with van der Waals surface area (Å²) in [4.78, 5) is 12.3. The minimum Gasteiger partial charge on any atom is -0.504 e. The summed E-state index contributed by atoms with van der Waals surface area (Å²) in [6, 6.07) is 0. The fourth-order valence-corrected chi connectivity index (χ4v) is 6.54. The zero-order valence-corrected chi connectivity index (χ0v) is 17.4. The van der Waals surface area contributed by atoms with Gasteiger partial charge in [0.05, 0.1) is 12.7 Å². The topological polar surface area (TPSA) is 55.8 Å². The van der Waals surface area contributed by atoms with Crippen LogP contribution in [0.2, 0.25) is 0 Å². The molecule has 0 bridgehead atoms. The van der Waals surface area contributed by atoms with Gasteiger partial charge in [-0.25, -0.2) is 0 Å². The molecule has 6 unspecified atom stereocenters. The number of carbonyl (C=O) groups excluding carboxylic acids is 1. The third-order valence-electron chi connectivity index (χ3n) is 8.60. The minimum atomic E-state index is -0.491. The Labute approximate surface area is 163 Å². The predicted molar refractivity (Wildman–Crippen MR) is 104 cm³/mol. The van der Waals surface area contributed by atoms with Gasteiger partial charge in [0.1, 0.15) is 0 Å². The zero-order chi connectivity index (χ0) is 19.8. The fourth-order valence-electron chi connectivity index (χ4n) is 6.54. The standard InChI is InChI=1S/C23H34O4/c1-14-19(25)16(24)11-17-22(14,5)8-7-15-12-21(4,9-10-23(15,17)6)18-13-26-20(2,3)27-18/h11,15,17-18,24H,1,7-10,12-13H2,2-6H3. The van der Waals surface area contributed by atoms with Gasteiger partial charge in [-0.15, -0.1) is 0 Å². The maximum absolute atomic E-state index is 12.3. The highest BCUT2D eigenvalue weighted by Gasteiger charge is 2.60. The van der Waals surface area contributed by atoms with E-state index in [2.05, 4.69) is 27.4 Å². The number of fused-ring (bicyclic) bond motifs is 3. The summed E-state index contributed by atoms with van der Waals surface area (Å²) >= 11 is 0. The number of carbonyl (C=O) groups is 1. The zero-order valence-electron chi connectivity index (χ0n) is 17.4. The molecular weight excluding hydrogens is 340 g/mol. The highest BCUT2D eigenvalue weighted by molar-refractivity contribution is 6.08. The van der Waals surface area contributed by atoms with E-state index in [-0.39, 0.29) is 39.8 Å². The molecule has 1 saturated heterocycles. The van der Waals surface area contributed by atoms with Gasteiger partial charge in [0.25, 0.3) is 0 Å². The number of Topliss-reactive ketones (excluding diaryl/α,β-unsaturated/α-hetero) is 1. The summed E-state index contributed by atoms with van der Waals surface area (Å²) in [5, 5.41) is 10.3. The van der Waals surface area contributed by atoms with Crippen LogP contribution in [0.1, 0.15) is 66.7 Å². The summed E-state index contributed by atoms with van der Waals surface area (Å²) in [5.74, 6) is -0.153. The van der Waals surface area contributed by atoms with E-state index in [1.54, 1.807) is 0 Å². The minimum absolute atomic E-state index is 0.0686. The van der Waals surface area contributed by atoms with Gasteiger partial charge >= 0.3 is 0 Å². The van der Waals surface area contributed by atoms with E-state index in [4.69, 9.17) is 9.47 Å². The van der Waals surface area contributed by atoms with Crippen molar-refractivity contribution < 1.29 is 19.4 Å². The van der Waals surface area contributed by atoms with Gasteiger partial charge in [0.2, 0.25) is 5.78 Å². The quantitative estimate of drug-likeness (QED) is 0.660. The Hall–Kier alpha value is -1.13. The summed E-state index contributed by atoms with van der Waals surface area (Å²) in [6.07, 6.45) is 7.29. The number of aliphatic hydroxyl groups is 1. The van der Waals surface area contributed by atoms with Crippen molar-refractivity contribution in [3.05, 3.63) is 24.0 Å². The molecule has 0 amide bonds. The number of hydrogen-bond acceptors (Lipinski definition) is 4. The lowest BCUT2D eigenvalue weighted by atomic mass is 9.43. The molecule has 0 aromatic carbocycles. The van der Waals surface area contributed by atoms with Crippen molar-refractivity contribution >= 4 is 5.78 Å². The van der Waals surface area contributed by atoms with Gasteiger partial charge in [-0.05, 0) is 74.7 Å². The normalized spacial score (nSPS) is 49.4. The van der Waals surface area contributed by atoms with Crippen LogP contribution in [0.3, 0.4) is 0 Å². The predicted octanol–water partition coefficient (Wildman–Crippen LogP) is 4.95. The molecule has 27 heavy (non-hydrogen) atoms. The Morgan fingerprint density at radius 1 is 1.15 bits per heavy atom. The Morgan fingerprint density at radius 3 is 2.48 bits per heavy atom. The highest BCUT2D eigenvalue weighted by Crippen LogP contribution is 2.66. The van der Waals surface area contributed by atoms with Crippen LogP contribution >= 0.6 is 0 Å². The first-order valence-electron chi connectivity index (χ1n) is 10.4. The molecular formula is C23H34O4. The number of rotatable bonds is 1. The molecule has 1 heterocycles. The Morgan fingerprint density at radius 2 is 1.85 bits per heavy atom. The first-order valence-corrected chi connectivity index (χ1v) is 10.4. The lowest BCUT2D eigenvalue weighted by Crippen LogP contribution is -2.56. The van der Waals surface area contributed by atoms with E-state index in [1.165, 1.54) is 0 Å². The van der Waals surface area contributed by atoms with Crippen molar-refractivity contribution in [2.75, 3.05) is 6.61 Å². The lowest BCUT2D eigenvalue weighted by molar-refractivity contribution is -0.169. The molecule has 1 aliphatic heterocycles. The summed E-state index contributed by atoms with van der Waals surface area (Å²) < 4.78 is 12.1. The molecule has 2 saturated carbocycles. The molecule has 150 valence electrons. The molecule has 0 spiro atoms. The molecule has 0 radical (unpaired) electrons. The van der Waals surface area contributed by atoms with E-state index >= 15 is 0 Å². The maximum atomic E-state index is 12.3. The third-order valence-corrected chi connectivity index (χ3v) is 8.60. The fraction of sp³-hybridized carbons (Fsp3) is 0.783. The molecule has 4 nitrogen and oxygen atoms in total. The van der Waals surface area contributed by atoms with Gasteiger partial charge in [-0.3, -0.25) is 4.79 Å². The largest absolute Gasteiger partial charge is 0.504 e. The van der Waals surface area contributed by atoms with E-state index in [1.807, 2.05) is 19.9 Å². The molecule has 3 fully saturated rings. The van der Waals surface area contributed by atoms with E-state index in [0.717, 1.165) is 32.1 Å². The molecule has 0 aromatic rings. The Balaban J connectivity index is 1.63. The van der Waals surface area contributed by atoms with Gasteiger partial charge in [0.15, 0.2) is 11.5 Å². The monoisotopic (exact) mass is 374 g/mol. The first kappa shape index (κ1) is 19.2. The summed E-state index contributed by atoms with van der Waals surface area (Å²) in [5.41, 5.74) is 0.532. The molecule has 1 N–H and O–H groups in total. The van der Waals surface area contributed by atoms with Crippen LogP contribution in [0.5, 0.6) is 0 Å². The second-order valence-corrected chi connectivity index (χ2v) is 10.7. The average molecular weight is 375 g/mol. The second-order valence-electron chi connectivity index (χ2n) is 10.7. The van der Waals surface area contributed by atoms with Crippen LogP contribution in [0.4, 0.5) is 0 Å². The van der Waals surface area contributed by atoms with Crippen molar-refractivity contribution in [3.8, 4) is 0 Å². The van der Waals surface area contributed by atoms with Crippen LogP contribution in [0, 0.1) is 28.1 Å². The lowest BCUT2D eigenvalue weighted by Gasteiger charge is -2.61. The molecule has 4 rings (SSSR count). The van der Waals surface area contributed by atoms with Crippen LogP contribution < -0.4 is 0 Å². The molecule has 3 aliphatic carbocycles. The first-order chi connectivity index (χ1) is 12.4. The number of ketones is 1. The number of allylic oxidation sites excluding steroid dienone is 2. The van der Waals surface area contributed by atoms with Crippen molar-refractivity contribution in [2.45, 2.75) is 78.6 Å². The van der Waals surface area contributed by atoms with E-state index in [0.29, 0.717) is 18.1 Å². The Kier molecular flexibility index (Phi) is 4.05. The molecule has 4 heteroatoms. The Bertz CT molecular complexity index is 722. The SMILES string of the molecule is C=C1C(=O)C(O)=CC2C1(C)CCC1CC(C)(C3COC(C)(C)O3)CCC12C. The third kappa shape index (κ3) is 2.66. The van der Waals surface area contributed by atoms with E-state index < -0.39 is 5.79 Å². The summed E-state index contributed by atoms with van der Waals surface area (Å²) in [6.45, 7) is 15.6. The maximum Gasteiger partial charge on any atom is 0.222 e. The van der Waals surface area contributed by atoms with Gasteiger partial charge in [-0.1, -0.05) is 27.4 Å². The molecule has 6 atom stereocenters. The van der Waals surface area contributed by atoms with Crippen LogP contribution in [-0.2, 0) is 14.3 Å². The van der Waals surface area contributed by atoms with Crippen LogP contribution in [0.25, 0.3) is 0 Å². The van der Waals surface area contributed by atoms with Crippen molar-refractivity contribution in [2.24, 2.45) is 28.1 Å². The van der Waals surface area contributed by atoms with E-state index in [9.17, 15) is 9.90 Å². The molecule has 4 aliphatic rings. The van der Waals surface area contributed by atoms with Crippen molar-refractivity contribution in [1.29, 1.82) is 0 Å². The number of aliphatic hydroxyl groups excluding tert-OH is 1. The summed E-state index contributed by atoms with van der Waals surface area (Å²) in [7, 11) is 0. The van der Waals surface area contributed by atoms with Crippen molar-refractivity contribution in [1.82, 2.24) is 0 Å². The van der Waals surface area contributed by atoms with Crippen LogP contribution in [0.15, 0.2) is 24.0 Å². The highest BCUT2D eigenvalue weighted by atomic mass is 16.7. The second kappa shape index (κ2) is 5.70. The van der Waals surface area contributed by atoms with Crippen molar-refractivity contribution in [3.63, 3.8) is 0 Å². The van der Waals surface area contributed by atoms with Gasteiger partial charge in [-0.2, -0.15) is 0 Å².